The molecule has 0 N–H and O–H groups in total. The molecule has 2 rings (SSSR count). The van der Waals surface area contributed by atoms with Crippen molar-refractivity contribution in [2.75, 3.05) is 13.7 Å². The maximum atomic E-state index is 6.31. The Bertz CT molecular complexity index is 383. The van der Waals surface area contributed by atoms with Gasteiger partial charge >= 0.3 is 0 Å². The summed E-state index contributed by atoms with van der Waals surface area (Å²) in [6.07, 6.45) is 4.11. The Hall–Kier alpha value is -0.0600. The molecule has 0 amide bonds. The third-order valence-electron chi connectivity index (χ3n) is 3.65. The number of nitrogens with zero attached hydrogens (tertiary/aromatic N) is 2. The zero-order valence-electron chi connectivity index (χ0n) is 10.2. The smallest absolute Gasteiger partial charge is 0.0658 e. The predicted molar refractivity (Wildman–Crippen MR) is 72.6 cm³/mol. The minimum atomic E-state index is 0.290. The van der Waals surface area contributed by atoms with E-state index < -0.39 is 0 Å². The molecule has 5 heteroatoms. The quantitative estimate of drug-likeness (QED) is 0.795. The van der Waals surface area contributed by atoms with E-state index in [9.17, 15) is 0 Å². The van der Waals surface area contributed by atoms with Gasteiger partial charge < -0.3 is 4.74 Å². The number of methoxy groups -OCH3 is 1. The molecular weight excluding hydrogens is 304 g/mol. The Morgan fingerprint density at radius 3 is 2.94 bits per heavy atom. The highest BCUT2D eigenvalue weighted by atomic mass is 79.9. The van der Waals surface area contributed by atoms with Gasteiger partial charge in [0.2, 0.25) is 0 Å². The molecule has 1 aromatic heterocycles. The van der Waals surface area contributed by atoms with Crippen LogP contribution in [-0.2, 0) is 11.3 Å². The first-order chi connectivity index (χ1) is 8.15. The van der Waals surface area contributed by atoms with E-state index in [0.29, 0.717) is 18.4 Å². The molecule has 17 heavy (non-hydrogen) atoms. The number of ether oxygens (including phenoxy) is 1. The van der Waals surface area contributed by atoms with E-state index in [1.54, 1.807) is 7.11 Å². The van der Waals surface area contributed by atoms with Gasteiger partial charge in [0.05, 0.1) is 29.5 Å². The van der Waals surface area contributed by atoms with E-state index >= 15 is 0 Å². The molecule has 1 fully saturated rings. The molecule has 0 spiro atoms. The van der Waals surface area contributed by atoms with Gasteiger partial charge in [-0.05, 0) is 34.7 Å². The molecule has 3 unspecified atom stereocenters. The molecule has 1 heterocycles. The average Bonchev–Trinajstić information content (AvgIpc) is 2.82. The number of halogens is 2. The van der Waals surface area contributed by atoms with E-state index in [0.717, 1.165) is 23.9 Å². The summed E-state index contributed by atoms with van der Waals surface area (Å²) in [6, 6.07) is 0. The van der Waals surface area contributed by atoms with Crippen molar-refractivity contribution in [2.45, 2.75) is 37.6 Å². The molecule has 0 aliphatic heterocycles. The Morgan fingerprint density at radius 2 is 2.35 bits per heavy atom. The fourth-order valence-corrected chi connectivity index (χ4v) is 3.49. The zero-order chi connectivity index (χ0) is 12.4. The van der Waals surface area contributed by atoms with Crippen molar-refractivity contribution < 1.29 is 4.74 Å². The van der Waals surface area contributed by atoms with Crippen molar-refractivity contribution in [3.05, 3.63) is 16.4 Å². The summed E-state index contributed by atoms with van der Waals surface area (Å²) >= 11 is 9.91. The van der Waals surface area contributed by atoms with Crippen LogP contribution in [0.3, 0.4) is 0 Å². The highest BCUT2D eigenvalue weighted by Crippen LogP contribution is 2.44. The molecular formula is C12H18BrClN2O. The van der Waals surface area contributed by atoms with E-state index in [2.05, 4.69) is 28.0 Å². The van der Waals surface area contributed by atoms with Gasteiger partial charge in [0.25, 0.3) is 0 Å². The highest BCUT2D eigenvalue weighted by molar-refractivity contribution is 9.10. The second kappa shape index (κ2) is 5.72. The molecule has 1 aromatic rings. The summed E-state index contributed by atoms with van der Waals surface area (Å²) in [4.78, 5) is 0. The largest absolute Gasteiger partial charge is 0.383 e. The van der Waals surface area contributed by atoms with Crippen molar-refractivity contribution in [3.8, 4) is 0 Å². The monoisotopic (exact) mass is 320 g/mol. The topological polar surface area (TPSA) is 27.1 Å². The van der Waals surface area contributed by atoms with Gasteiger partial charge in [0.15, 0.2) is 0 Å². The SMILES string of the molecule is COCCn1ncc(Br)c1C1CCC(Cl)C1C. The lowest BCUT2D eigenvalue weighted by molar-refractivity contribution is 0.181. The van der Waals surface area contributed by atoms with Gasteiger partial charge in [-0.1, -0.05) is 6.92 Å². The van der Waals surface area contributed by atoms with Gasteiger partial charge in [-0.15, -0.1) is 11.6 Å². The van der Waals surface area contributed by atoms with Gasteiger partial charge in [-0.3, -0.25) is 4.68 Å². The van der Waals surface area contributed by atoms with Gasteiger partial charge in [-0.2, -0.15) is 5.10 Å². The van der Waals surface area contributed by atoms with Gasteiger partial charge in [-0.25, -0.2) is 0 Å². The van der Waals surface area contributed by atoms with Crippen molar-refractivity contribution in [1.82, 2.24) is 9.78 Å². The first kappa shape index (κ1) is 13.4. The van der Waals surface area contributed by atoms with Crippen molar-refractivity contribution >= 4 is 27.5 Å². The van der Waals surface area contributed by atoms with E-state index in [1.165, 1.54) is 5.69 Å². The maximum Gasteiger partial charge on any atom is 0.0658 e. The van der Waals surface area contributed by atoms with Crippen LogP contribution in [-0.4, -0.2) is 28.9 Å². The second-order valence-corrected chi connectivity index (χ2v) is 6.07. The fourth-order valence-electron chi connectivity index (χ4n) is 2.60. The van der Waals surface area contributed by atoms with Crippen molar-refractivity contribution in [1.29, 1.82) is 0 Å². The van der Waals surface area contributed by atoms with Crippen molar-refractivity contribution in [3.63, 3.8) is 0 Å². The lowest BCUT2D eigenvalue weighted by Gasteiger charge is -2.19. The summed E-state index contributed by atoms with van der Waals surface area (Å²) < 4.78 is 8.26. The van der Waals surface area contributed by atoms with Crippen LogP contribution in [0.5, 0.6) is 0 Å². The molecule has 1 aliphatic carbocycles. The van der Waals surface area contributed by atoms with Crippen LogP contribution >= 0.6 is 27.5 Å². The van der Waals surface area contributed by atoms with Crippen LogP contribution in [0.2, 0.25) is 0 Å². The van der Waals surface area contributed by atoms with Crippen LogP contribution < -0.4 is 0 Å². The minimum Gasteiger partial charge on any atom is -0.383 e. The minimum absolute atomic E-state index is 0.290. The lowest BCUT2D eigenvalue weighted by Crippen LogP contribution is -2.16. The van der Waals surface area contributed by atoms with Crippen LogP contribution in [0.4, 0.5) is 0 Å². The Balaban J connectivity index is 2.21. The number of rotatable bonds is 4. The lowest BCUT2D eigenvalue weighted by atomic mass is 9.94. The summed E-state index contributed by atoms with van der Waals surface area (Å²) in [5.74, 6) is 1.01. The van der Waals surface area contributed by atoms with E-state index in [1.807, 2.05) is 10.9 Å². The molecule has 3 nitrogen and oxygen atoms in total. The van der Waals surface area contributed by atoms with Crippen LogP contribution in [0.25, 0.3) is 0 Å². The molecule has 1 aliphatic rings. The number of alkyl halides is 1. The molecule has 0 bridgehead atoms. The molecule has 0 radical (unpaired) electrons. The normalized spacial score (nSPS) is 28.8. The van der Waals surface area contributed by atoms with Crippen molar-refractivity contribution in [2.24, 2.45) is 5.92 Å². The molecule has 96 valence electrons. The Morgan fingerprint density at radius 1 is 1.59 bits per heavy atom. The molecule has 3 atom stereocenters. The average molecular weight is 322 g/mol. The summed E-state index contributed by atoms with van der Waals surface area (Å²) in [6.45, 7) is 3.72. The van der Waals surface area contributed by atoms with Crippen LogP contribution in [0.1, 0.15) is 31.4 Å². The maximum absolute atomic E-state index is 6.31. The first-order valence-electron chi connectivity index (χ1n) is 5.99. The van der Waals surface area contributed by atoms with Crippen LogP contribution in [0, 0.1) is 5.92 Å². The molecule has 0 saturated heterocycles. The van der Waals surface area contributed by atoms with Gasteiger partial charge in [0.1, 0.15) is 0 Å². The van der Waals surface area contributed by atoms with E-state index in [4.69, 9.17) is 16.3 Å². The number of aromatic nitrogens is 2. The second-order valence-electron chi connectivity index (χ2n) is 4.65. The number of hydrogen-bond acceptors (Lipinski definition) is 2. The molecule has 0 aromatic carbocycles. The summed E-state index contributed by atoms with van der Waals surface area (Å²) in [5, 5.41) is 4.69. The van der Waals surface area contributed by atoms with Crippen LogP contribution in [0.15, 0.2) is 10.7 Å². The third kappa shape index (κ3) is 2.69. The molecule has 1 saturated carbocycles. The third-order valence-corrected chi connectivity index (χ3v) is 4.88. The highest BCUT2D eigenvalue weighted by Gasteiger charge is 2.35. The Kier molecular flexibility index (Phi) is 4.50. The summed E-state index contributed by atoms with van der Waals surface area (Å²) in [7, 11) is 1.71. The zero-order valence-corrected chi connectivity index (χ0v) is 12.5. The Labute approximate surface area is 116 Å². The summed E-state index contributed by atoms with van der Waals surface area (Å²) in [5.41, 5.74) is 1.28. The van der Waals surface area contributed by atoms with Gasteiger partial charge in [0, 0.05) is 18.4 Å². The fraction of sp³-hybridized carbons (Fsp3) is 0.750. The first-order valence-corrected chi connectivity index (χ1v) is 7.22. The number of hydrogen-bond donors (Lipinski definition) is 0. The van der Waals surface area contributed by atoms with E-state index in [-0.39, 0.29) is 5.38 Å². The predicted octanol–water partition coefficient (Wildman–Crippen LogP) is 3.41. The standard InChI is InChI=1S/C12H18BrClN2O/c1-8-9(3-4-11(8)14)12-10(13)7-15-16(12)5-6-17-2/h7-9,11H,3-6H2,1-2H3.